The molecule has 2 aromatic carbocycles. The third-order valence-electron chi connectivity index (χ3n) is 5.07. The minimum absolute atomic E-state index is 0.235. The number of amides is 1. The van der Waals surface area contributed by atoms with Crippen molar-refractivity contribution >= 4 is 12.1 Å². The van der Waals surface area contributed by atoms with Crippen molar-refractivity contribution < 1.29 is 23.7 Å². The van der Waals surface area contributed by atoms with Crippen LogP contribution in [0.1, 0.15) is 27.3 Å². The number of nitrogens with one attached hydrogen (secondary N) is 1. The van der Waals surface area contributed by atoms with E-state index in [1.54, 1.807) is 24.4 Å². The molecule has 160 valence electrons. The van der Waals surface area contributed by atoms with E-state index in [0.29, 0.717) is 17.1 Å². The first kappa shape index (κ1) is 20.3. The summed E-state index contributed by atoms with van der Waals surface area (Å²) in [7, 11) is 3.06. The van der Waals surface area contributed by atoms with E-state index in [-0.39, 0.29) is 12.7 Å². The van der Waals surface area contributed by atoms with E-state index in [2.05, 4.69) is 15.1 Å². The van der Waals surface area contributed by atoms with Gasteiger partial charge in [-0.3, -0.25) is 4.79 Å². The first-order valence-corrected chi connectivity index (χ1v) is 9.65. The van der Waals surface area contributed by atoms with Gasteiger partial charge in [-0.1, -0.05) is 0 Å². The number of carbonyl (C=O) groups excluding carboxylic acids is 1. The van der Waals surface area contributed by atoms with E-state index in [0.717, 1.165) is 34.1 Å². The molecule has 31 heavy (non-hydrogen) atoms. The first-order valence-electron chi connectivity index (χ1n) is 9.65. The van der Waals surface area contributed by atoms with Crippen LogP contribution in [0.2, 0.25) is 0 Å². The first-order chi connectivity index (χ1) is 15.0. The fraction of sp³-hybridized carbons (Fsp3) is 0.217. The number of rotatable bonds is 6. The summed E-state index contributed by atoms with van der Waals surface area (Å²) in [5.41, 5.74) is 6.81. The van der Waals surface area contributed by atoms with Gasteiger partial charge in [0.1, 0.15) is 11.5 Å². The zero-order valence-corrected chi connectivity index (χ0v) is 17.8. The smallest absolute Gasteiger partial charge is 0.271 e. The molecule has 1 N–H and O–H groups in total. The molecule has 1 amide bonds. The van der Waals surface area contributed by atoms with Crippen molar-refractivity contribution in [2.24, 2.45) is 5.10 Å². The lowest BCUT2D eigenvalue weighted by atomic mass is 10.2. The van der Waals surface area contributed by atoms with Gasteiger partial charge in [0.15, 0.2) is 11.5 Å². The van der Waals surface area contributed by atoms with Crippen molar-refractivity contribution in [1.29, 1.82) is 0 Å². The maximum Gasteiger partial charge on any atom is 0.271 e. The molecule has 0 bridgehead atoms. The van der Waals surface area contributed by atoms with Crippen LogP contribution in [-0.2, 0) is 0 Å². The molecular formula is C23H23N3O5. The number of hydrazone groups is 1. The van der Waals surface area contributed by atoms with Gasteiger partial charge in [-0.2, -0.15) is 5.10 Å². The van der Waals surface area contributed by atoms with Crippen LogP contribution < -0.4 is 24.4 Å². The van der Waals surface area contributed by atoms with Gasteiger partial charge in [0, 0.05) is 40.3 Å². The second kappa shape index (κ2) is 8.43. The number of hydrogen-bond donors (Lipinski definition) is 1. The summed E-state index contributed by atoms with van der Waals surface area (Å²) in [4.78, 5) is 12.5. The Morgan fingerprint density at radius 1 is 1.03 bits per heavy atom. The molecular weight excluding hydrogens is 398 g/mol. The van der Waals surface area contributed by atoms with Crippen LogP contribution in [0.4, 0.5) is 0 Å². The predicted octanol–water partition coefficient (Wildman–Crippen LogP) is 3.60. The van der Waals surface area contributed by atoms with Gasteiger partial charge in [-0.05, 0) is 44.2 Å². The van der Waals surface area contributed by atoms with Gasteiger partial charge in [0.05, 0.1) is 20.4 Å². The van der Waals surface area contributed by atoms with E-state index < -0.39 is 0 Å². The Labute approximate surface area is 180 Å². The average molecular weight is 421 g/mol. The topological polar surface area (TPSA) is 83.3 Å². The van der Waals surface area contributed by atoms with E-state index in [1.807, 2.05) is 38.1 Å². The molecule has 0 fully saturated rings. The number of aryl methyl sites for hydroxylation is 1. The highest BCUT2D eigenvalue weighted by molar-refractivity contribution is 5.95. The normalized spacial score (nSPS) is 12.3. The van der Waals surface area contributed by atoms with Gasteiger partial charge < -0.3 is 23.5 Å². The van der Waals surface area contributed by atoms with E-state index in [9.17, 15) is 4.79 Å². The van der Waals surface area contributed by atoms with E-state index >= 15 is 0 Å². The second-order valence-corrected chi connectivity index (χ2v) is 7.00. The largest absolute Gasteiger partial charge is 0.497 e. The van der Waals surface area contributed by atoms with Crippen LogP contribution in [-0.4, -0.2) is 37.7 Å². The van der Waals surface area contributed by atoms with Crippen molar-refractivity contribution in [3.8, 4) is 28.7 Å². The molecule has 0 atom stereocenters. The van der Waals surface area contributed by atoms with Crippen molar-refractivity contribution in [3.05, 3.63) is 65.0 Å². The fourth-order valence-electron chi connectivity index (χ4n) is 3.50. The van der Waals surface area contributed by atoms with Crippen molar-refractivity contribution in [3.63, 3.8) is 0 Å². The number of methoxy groups -OCH3 is 2. The van der Waals surface area contributed by atoms with E-state index in [1.165, 1.54) is 14.2 Å². The van der Waals surface area contributed by atoms with Gasteiger partial charge in [-0.15, -0.1) is 0 Å². The van der Waals surface area contributed by atoms with E-state index in [4.69, 9.17) is 18.9 Å². The molecule has 0 spiro atoms. The highest BCUT2D eigenvalue weighted by atomic mass is 16.7. The monoisotopic (exact) mass is 421 g/mol. The van der Waals surface area contributed by atoms with Crippen molar-refractivity contribution in [2.45, 2.75) is 13.8 Å². The van der Waals surface area contributed by atoms with Crippen LogP contribution in [0.15, 0.2) is 47.6 Å². The Bertz CT molecular complexity index is 1140. The second-order valence-electron chi connectivity index (χ2n) is 7.00. The van der Waals surface area contributed by atoms with Crippen LogP contribution >= 0.6 is 0 Å². The summed E-state index contributed by atoms with van der Waals surface area (Å²) in [6.07, 6.45) is 1.63. The molecule has 3 aromatic rings. The number of benzene rings is 2. The van der Waals surface area contributed by atoms with Crippen molar-refractivity contribution in [1.82, 2.24) is 9.99 Å². The molecule has 1 aromatic heterocycles. The Balaban J connectivity index is 1.53. The quantitative estimate of drug-likeness (QED) is 0.486. The number of fused-ring (bicyclic) bond motifs is 1. The zero-order chi connectivity index (χ0) is 22.0. The minimum atomic E-state index is -0.363. The summed E-state index contributed by atoms with van der Waals surface area (Å²) in [5, 5.41) is 4.13. The zero-order valence-electron chi connectivity index (χ0n) is 17.8. The molecule has 0 radical (unpaired) electrons. The molecule has 1 aliphatic rings. The fourth-order valence-corrected chi connectivity index (χ4v) is 3.50. The lowest BCUT2D eigenvalue weighted by Crippen LogP contribution is -2.17. The summed E-state index contributed by atoms with van der Waals surface area (Å²) >= 11 is 0. The predicted molar refractivity (Wildman–Crippen MR) is 116 cm³/mol. The van der Waals surface area contributed by atoms with Crippen LogP contribution in [0.5, 0.6) is 23.0 Å². The van der Waals surface area contributed by atoms with Gasteiger partial charge in [0.25, 0.3) is 5.91 Å². The lowest BCUT2D eigenvalue weighted by molar-refractivity contribution is 0.0954. The molecule has 0 saturated heterocycles. The standard InChI is InChI=1S/C23H23N3O5/c1-14-7-17(15(2)26(14)18-5-6-21-22(10-18)31-13-30-21)12-24-25-23(27)16-8-19(28-3)11-20(9-16)29-4/h5-12H,13H2,1-4H3,(H,25,27)/b24-12-. The van der Waals surface area contributed by atoms with Crippen LogP contribution in [0.25, 0.3) is 5.69 Å². The molecule has 0 saturated carbocycles. The Hall–Kier alpha value is -3.94. The number of hydrogen-bond acceptors (Lipinski definition) is 6. The Kier molecular flexibility index (Phi) is 5.53. The molecule has 0 unspecified atom stereocenters. The van der Waals surface area contributed by atoms with Crippen molar-refractivity contribution in [2.75, 3.05) is 21.0 Å². The van der Waals surface area contributed by atoms with Gasteiger partial charge in [-0.25, -0.2) is 5.43 Å². The minimum Gasteiger partial charge on any atom is -0.497 e. The summed E-state index contributed by atoms with van der Waals surface area (Å²) in [6.45, 7) is 4.24. The number of aromatic nitrogens is 1. The third-order valence-corrected chi connectivity index (χ3v) is 5.07. The summed E-state index contributed by atoms with van der Waals surface area (Å²) in [6, 6.07) is 12.8. The maximum atomic E-state index is 12.5. The number of ether oxygens (including phenoxy) is 4. The molecule has 1 aliphatic heterocycles. The van der Waals surface area contributed by atoms with Crippen LogP contribution in [0, 0.1) is 13.8 Å². The maximum absolute atomic E-state index is 12.5. The lowest BCUT2D eigenvalue weighted by Gasteiger charge is -2.10. The molecule has 8 nitrogen and oxygen atoms in total. The Morgan fingerprint density at radius 3 is 2.45 bits per heavy atom. The average Bonchev–Trinajstić information content (AvgIpc) is 3.36. The van der Waals surface area contributed by atoms with Crippen LogP contribution in [0.3, 0.4) is 0 Å². The Morgan fingerprint density at radius 2 is 1.74 bits per heavy atom. The summed E-state index contributed by atoms with van der Waals surface area (Å²) < 4.78 is 23.4. The van der Waals surface area contributed by atoms with Gasteiger partial charge >= 0.3 is 0 Å². The molecule has 0 aliphatic carbocycles. The molecule has 2 heterocycles. The van der Waals surface area contributed by atoms with Gasteiger partial charge in [0.2, 0.25) is 6.79 Å². The number of carbonyl (C=O) groups is 1. The molecule has 4 rings (SSSR count). The SMILES string of the molecule is COc1cc(OC)cc(C(=O)N/N=C\c2cc(C)n(-c3ccc4c(c3)OCO4)c2C)c1. The highest BCUT2D eigenvalue weighted by Crippen LogP contribution is 2.34. The summed E-state index contributed by atoms with van der Waals surface area (Å²) in [5.74, 6) is 2.16. The third kappa shape index (κ3) is 4.05. The molecule has 8 heteroatoms. The highest BCUT2D eigenvalue weighted by Gasteiger charge is 2.16. The number of nitrogens with zero attached hydrogens (tertiary/aromatic N) is 2.